The lowest BCUT2D eigenvalue weighted by Gasteiger charge is -2.09. The van der Waals surface area contributed by atoms with Gasteiger partial charge < -0.3 is 20.9 Å². The minimum Gasteiger partial charge on any atom is -0.421 e. The third-order valence-corrected chi connectivity index (χ3v) is 4.93. The van der Waals surface area contributed by atoms with Crippen molar-refractivity contribution in [3.8, 4) is 23.0 Å². The van der Waals surface area contributed by atoms with Crippen molar-refractivity contribution in [2.45, 2.75) is 6.92 Å². The molecule has 0 radical (unpaired) electrons. The number of fused-ring (bicyclic) bond motifs is 3. The van der Waals surface area contributed by atoms with Gasteiger partial charge in [0, 0.05) is 24.2 Å². The van der Waals surface area contributed by atoms with Crippen LogP contribution in [0.15, 0.2) is 53.2 Å². The Bertz CT molecular complexity index is 1510. The summed E-state index contributed by atoms with van der Waals surface area (Å²) < 4.78 is 20.3. The summed E-state index contributed by atoms with van der Waals surface area (Å²) in [5.74, 6) is 6.06. The van der Waals surface area contributed by atoms with Gasteiger partial charge in [0.05, 0.1) is 34.7 Å². The number of nitrogens with one attached hydrogen (secondary N) is 2. The number of H-pyrrole nitrogens is 1. The van der Waals surface area contributed by atoms with Gasteiger partial charge in [0.15, 0.2) is 11.6 Å². The van der Waals surface area contributed by atoms with Crippen molar-refractivity contribution in [3.63, 3.8) is 0 Å². The molecule has 11 nitrogen and oxygen atoms in total. The highest BCUT2D eigenvalue weighted by Crippen LogP contribution is 2.39. The molecule has 4 heterocycles. The summed E-state index contributed by atoms with van der Waals surface area (Å²) in [7, 11) is 1.71. The quantitative estimate of drug-likeness (QED) is 0.207. The third kappa shape index (κ3) is 3.63. The Balaban J connectivity index is 1.82. The number of nitrogens with zero attached hydrogens (tertiary/aromatic N) is 7. The van der Waals surface area contributed by atoms with Crippen molar-refractivity contribution in [2.75, 3.05) is 12.4 Å². The molecular formula is C21H17FN10O. The predicted molar refractivity (Wildman–Crippen MR) is 120 cm³/mol. The van der Waals surface area contributed by atoms with Crippen molar-refractivity contribution in [1.82, 2.24) is 29.9 Å². The van der Waals surface area contributed by atoms with Crippen LogP contribution in [0.1, 0.15) is 5.82 Å². The lowest BCUT2D eigenvalue weighted by Crippen LogP contribution is -1.97. The topological polar surface area (TPSA) is 152 Å². The molecule has 0 fully saturated rings. The van der Waals surface area contributed by atoms with Gasteiger partial charge in [0.1, 0.15) is 17.3 Å². The second-order valence-corrected chi connectivity index (χ2v) is 6.99. The zero-order valence-electron chi connectivity index (χ0n) is 17.5. The van der Waals surface area contributed by atoms with Gasteiger partial charge in [-0.1, -0.05) is 5.22 Å². The van der Waals surface area contributed by atoms with E-state index in [4.69, 9.17) is 10.6 Å². The number of nitrogens with two attached hydrogens (primary N) is 1. The summed E-state index contributed by atoms with van der Waals surface area (Å²) in [6, 6.07) is 6.32. The largest absolute Gasteiger partial charge is 0.421 e. The maximum atomic E-state index is 14.4. The number of aryl methyl sites for hydroxylation is 1. The van der Waals surface area contributed by atoms with Gasteiger partial charge in [-0.05, 0) is 31.2 Å². The molecule has 0 aliphatic carbocycles. The van der Waals surface area contributed by atoms with E-state index in [0.717, 1.165) is 0 Å². The van der Waals surface area contributed by atoms with E-state index in [0.29, 0.717) is 50.5 Å². The second-order valence-electron chi connectivity index (χ2n) is 6.99. The minimum absolute atomic E-state index is 0.0301. The highest BCUT2D eigenvalue weighted by Gasteiger charge is 2.21. The molecule has 0 aliphatic heterocycles. The van der Waals surface area contributed by atoms with Crippen LogP contribution in [0.25, 0.3) is 33.2 Å². The minimum atomic E-state index is -0.413. The van der Waals surface area contributed by atoms with Gasteiger partial charge in [0.2, 0.25) is 0 Å². The fourth-order valence-electron chi connectivity index (χ4n) is 3.54. The number of benzene rings is 1. The number of halogens is 1. The highest BCUT2D eigenvalue weighted by molar-refractivity contribution is 6.15. The van der Waals surface area contributed by atoms with E-state index in [1.165, 1.54) is 24.5 Å². The van der Waals surface area contributed by atoms with Crippen LogP contribution in [0.3, 0.4) is 0 Å². The summed E-state index contributed by atoms with van der Waals surface area (Å²) in [4.78, 5) is 24.8. The van der Waals surface area contributed by atoms with Crippen LogP contribution in [0.2, 0.25) is 0 Å². The van der Waals surface area contributed by atoms with Crippen LogP contribution in [0, 0.1) is 12.7 Å². The smallest absolute Gasteiger partial charge is 0.324 e. The number of aromatic amines is 1. The lowest BCUT2D eigenvalue weighted by atomic mass is 10.1. The summed E-state index contributed by atoms with van der Waals surface area (Å²) in [6.07, 6.45) is 4.60. The molecule has 0 atom stereocenters. The first-order chi connectivity index (χ1) is 16.1. The number of anilines is 1. The highest BCUT2D eigenvalue weighted by atomic mass is 19.1. The lowest BCUT2D eigenvalue weighted by molar-refractivity contribution is 0.440. The Morgan fingerprint density at radius 3 is 2.73 bits per heavy atom. The first-order valence-electron chi connectivity index (χ1n) is 9.81. The molecule has 33 heavy (non-hydrogen) atoms. The standard InChI is InChI=1S/C21H17FN10O/c1-10-26-8-12(9-27-10)33-21-29-18(13-4-3-5-25-19(13)31-32-23)16-14-6-11(22)7-15(24-2)17(14)28-20(16)30-21/h3-9,24H,1-2H3,(H2,23,25,31)(H,28,29,30). The van der Waals surface area contributed by atoms with Gasteiger partial charge in [-0.25, -0.2) is 19.3 Å². The Labute approximate surface area is 186 Å². The maximum Gasteiger partial charge on any atom is 0.324 e. The molecule has 0 spiro atoms. The van der Waals surface area contributed by atoms with E-state index in [9.17, 15) is 4.39 Å². The van der Waals surface area contributed by atoms with Crippen molar-refractivity contribution >= 4 is 33.4 Å². The summed E-state index contributed by atoms with van der Waals surface area (Å²) in [5.41, 5.74) is 2.58. The van der Waals surface area contributed by atoms with Crippen LogP contribution in [0.4, 0.5) is 15.9 Å². The third-order valence-electron chi connectivity index (χ3n) is 4.93. The van der Waals surface area contributed by atoms with Crippen LogP contribution in [-0.2, 0) is 0 Å². The fourth-order valence-corrected chi connectivity index (χ4v) is 3.54. The van der Waals surface area contributed by atoms with Crippen molar-refractivity contribution < 1.29 is 9.13 Å². The Morgan fingerprint density at radius 2 is 1.97 bits per heavy atom. The SMILES string of the molecule is CNc1cc(F)cc2c1[nH]c1nc(Oc3cnc(C)nc3)nc(-c3cccnc3N=NN)c12. The molecule has 0 saturated carbocycles. The Hall–Kier alpha value is -4.74. The average molecular weight is 444 g/mol. The van der Waals surface area contributed by atoms with Crippen molar-refractivity contribution in [3.05, 3.63) is 54.5 Å². The summed E-state index contributed by atoms with van der Waals surface area (Å²) in [6.45, 7) is 1.77. The number of ether oxygens (including phenoxy) is 1. The van der Waals surface area contributed by atoms with Gasteiger partial charge in [-0.2, -0.15) is 9.97 Å². The molecule has 5 aromatic rings. The maximum absolute atomic E-state index is 14.4. The monoisotopic (exact) mass is 444 g/mol. The number of pyridine rings is 1. The van der Waals surface area contributed by atoms with Crippen LogP contribution in [-0.4, -0.2) is 37.0 Å². The van der Waals surface area contributed by atoms with E-state index in [2.05, 4.69) is 45.6 Å². The predicted octanol–water partition coefficient (Wildman–Crippen LogP) is 4.20. The Kier molecular flexibility index (Phi) is 4.94. The molecule has 12 heteroatoms. The van der Waals surface area contributed by atoms with Gasteiger partial charge in [0.25, 0.3) is 0 Å². The normalized spacial score (nSPS) is 11.5. The number of hydrogen-bond donors (Lipinski definition) is 3. The van der Waals surface area contributed by atoms with Gasteiger partial charge in [-0.3, -0.25) is 0 Å². The second kappa shape index (κ2) is 8.07. The van der Waals surface area contributed by atoms with Gasteiger partial charge in [-0.15, -0.1) is 5.11 Å². The molecule has 1 aromatic carbocycles. The van der Waals surface area contributed by atoms with Crippen molar-refractivity contribution in [1.29, 1.82) is 0 Å². The first-order valence-corrected chi connectivity index (χ1v) is 9.81. The molecule has 0 saturated heterocycles. The van der Waals surface area contributed by atoms with Crippen LogP contribution >= 0.6 is 0 Å². The van der Waals surface area contributed by atoms with E-state index in [1.807, 2.05) is 0 Å². The molecule has 0 aliphatic rings. The zero-order valence-corrected chi connectivity index (χ0v) is 17.5. The molecule has 4 aromatic heterocycles. The fraction of sp³-hybridized carbons (Fsp3) is 0.0952. The van der Waals surface area contributed by atoms with Gasteiger partial charge >= 0.3 is 6.01 Å². The number of aromatic nitrogens is 6. The molecular weight excluding hydrogens is 427 g/mol. The summed E-state index contributed by atoms with van der Waals surface area (Å²) in [5, 5.41) is 11.4. The van der Waals surface area contributed by atoms with Crippen LogP contribution in [0.5, 0.6) is 11.8 Å². The zero-order chi connectivity index (χ0) is 22.9. The molecule has 0 amide bonds. The van der Waals surface area contributed by atoms with E-state index in [1.54, 1.807) is 32.3 Å². The Morgan fingerprint density at radius 1 is 1.15 bits per heavy atom. The molecule has 5 rings (SSSR count). The van der Waals surface area contributed by atoms with Crippen molar-refractivity contribution in [2.24, 2.45) is 16.2 Å². The molecule has 4 N–H and O–H groups in total. The average Bonchev–Trinajstić information content (AvgIpc) is 3.18. The van der Waals surface area contributed by atoms with E-state index in [-0.39, 0.29) is 11.8 Å². The molecule has 0 unspecified atom stereocenters. The number of hydrogen-bond acceptors (Lipinski definition) is 9. The molecule has 0 bridgehead atoms. The first kappa shape index (κ1) is 20.2. The van der Waals surface area contributed by atoms with E-state index >= 15 is 0 Å². The summed E-state index contributed by atoms with van der Waals surface area (Å²) >= 11 is 0. The van der Waals surface area contributed by atoms with Crippen LogP contribution < -0.4 is 15.9 Å². The number of rotatable bonds is 5. The van der Waals surface area contributed by atoms with E-state index < -0.39 is 5.82 Å². The molecule has 164 valence electrons.